The lowest BCUT2D eigenvalue weighted by Gasteiger charge is -2.30. The number of aliphatic hydroxyl groups is 1. The number of guanidine groups is 1. The van der Waals surface area contributed by atoms with E-state index in [2.05, 4.69) is 36.2 Å². The Labute approximate surface area is 520 Å². The number of benzene rings is 2. The zero-order valence-electron chi connectivity index (χ0n) is 52.4. The lowest BCUT2D eigenvalue weighted by Crippen LogP contribution is -2.53. The van der Waals surface area contributed by atoms with Crippen LogP contribution in [-0.4, -0.2) is 153 Å². The molecule has 11 N–H and O–H groups in total. The van der Waals surface area contributed by atoms with Crippen LogP contribution in [0.25, 0.3) is 10.9 Å². The van der Waals surface area contributed by atoms with Crippen LogP contribution in [0.4, 0.5) is 0 Å². The van der Waals surface area contributed by atoms with Gasteiger partial charge in [0.1, 0.15) is 29.7 Å². The van der Waals surface area contributed by atoms with E-state index in [4.69, 9.17) is 16.2 Å². The molecule has 484 valence electrons. The van der Waals surface area contributed by atoms with Gasteiger partial charge in [0.25, 0.3) is 0 Å². The van der Waals surface area contributed by atoms with Crippen molar-refractivity contribution in [3.05, 3.63) is 77.6 Å². The van der Waals surface area contributed by atoms with Crippen LogP contribution in [0.3, 0.4) is 0 Å². The maximum absolute atomic E-state index is 14.9. The number of likely N-dealkylation sites (tertiary alicyclic amines) is 1. The van der Waals surface area contributed by atoms with Gasteiger partial charge in [0.05, 0.1) is 30.9 Å². The number of amides is 5. The Morgan fingerprint density at radius 3 is 2.08 bits per heavy atom. The molecule has 3 heterocycles. The first-order valence-corrected chi connectivity index (χ1v) is 31.3. The number of aromatic nitrogens is 1. The minimum absolute atomic E-state index is 0.0100. The lowest BCUT2D eigenvalue weighted by atomic mass is 9.88. The molecule has 9 atom stereocenters. The number of ketones is 5. The predicted molar refractivity (Wildman–Crippen MR) is 336 cm³/mol. The summed E-state index contributed by atoms with van der Waals surface area (Å²) < 4.78 is 6.12. The summed E-state index contributed by atoms with van der Waals surface area (Å²) in [5, 5.41) is 33.1. The Bertz CT molecular complexity index is 3090. The highest BCUT2D eigenvalue weighted by atomic mass is 16.5. The number of H-pyrrole nitrogens is 1. The standard InChI is InChI=1S/C66H92N10O13/c1-7-13-56(80)55-18-12-27-76(55)64(88)51(17-11-26-70-65(67)68)72-61(85)42(28-39(2)3)32-59(83)54(38-89-66(4,5)6)75-62(86)43(29-40-19-22-47(78)23-20-40)33-58(82)53(37-77)74-63(87)44(30-45-36-71-50-16-9-8-15-49(45)50)34-57(81)52(35-46-14-10-25-69-46)73-60(84)41-21-24-48(79)31-41/h8-9,14-16,19-20,22-23,25,36,39,41-44,51-55,71,77-78H,7,10-13,17-18,21,24,26-35,37-38H2,1-6H3,(H,72,85)(H,73,84)(H,74,87)(H,75,86)(H4,67,68,70). The average Bonchev–Trinajstić information content (AvgIpc) is 2.38. The molecule has 9 unspecified atom stereocenters. The molecule has 1 aromatic heterocycles. The molecule has 0 bridgehead atoms. The van der Waals surface area contributed by atoms with Crippen LogP contribution in [0.5, 0.6) is 5.75 Å². The summed E-state index contributed by atoms with van der Waals surface area (Å²) in [4.78, 5) is 155. The third-order valence-electron chi connectivity index (χ3n) is 16.5. The molecule has 2 aromatic carbocycles. The van der Waals surface area contributed by atoms with Gasteiger partial charge in [-0.05, 0) is 114 Å². The van der Waals surface area contributed by atoms with Crippen LogP contribution in [-0.2, 0) is 65.5 Å². The van der Waals surface area contributed by atoms with Gasteiger partial charge in [0, 0.05) is 117 Å². The number of ether oxygens (including phenoxy) is 1. The van der Waals surface area contributed by atoms with Crippen LogP contribution in [0.15, 0.2) is 76.5 Å². The minimum atomic E-state index is -1.60. The maximum atomic E-state index is 14.9. The number of aliphatic imine (C=N–C) groups is 2. The van der Waals surface area contributed by atoms with Crippen molar-refractivity contribution in [2.24, 2.45) is 51.0 Å². The predicted octanol–water partition coefficient (Wildman–Crippen LogP) is 4.71. The van der Waals surface area contributed by atoms with E-state index in [1.807, 2.05) is 51.1 Å². The van der Waals surface area contributed by atoms with Crippen molar-refractivity contribution in [3.8, 4) is 5.75 Å². The number of phenolic OH excluding ortho intramolecular Hbond substituents is 1. The highest BCUT2D eigenvalue weighted by Crippen LogP contribution is 2.28. The molecule has 23 heteroatoms. The molecule has 5 amide bonds. The molecule has 89 heavy (non-hydrogen) atoms. The number of phenols is 1. The van der Waals surface area contributed by atoms with E-state index in [1.165, 1.54) is 17.0 Å². The smallest absolute Gasteiger partial charge is 0.245 e. The number of nitrogens with one attached hydrogen (secondary N) is 5. The Morgan fingerprint density at radius 2 is 1.45 bits per heavy atom. The van der Waals surface area contributed by atoms with E-state index >= 15 is 0 Å². The quantitative estimate of drug-likeness (QED) is 0.0216. The summed E-state index contributed by atoms with van der Waals surface area (Å²) in [7, 11) is 0. The van der Waals surface area contributed by atoms with E-state index in [-0.39, 0.29) is 87.3 Å². The zero-order valence-corrected chi connectivity index (χ0v) is 52.4. The van der Waals surface area contributed by atoms with Gasteiger partial charge in [-0.1, -0.05) is 57.2 Å². The summed E-state index contributed by atoms with van der Waals surface area (Å²) in [6.07, 6.45) is 7.56. The lowest BCUT2D eigenvalue weighted by molar-refractivity contribution is -0.142. The monoisotopic (exact) mass is 1230 g/mol. The fraction of sp³-hybridized carbons (Fsp3) is 0.576. The number of allylic oxidation sites excluding steroid dienone is 1. The molecule has 23 nitrogen and oxygen atoms in total. The summed E-state index contributed by atoms with van der Waals surface area (Å²) in [5.41, 5.74) is 12.9. The molecule has 0 radical (unpaired) electrons. The second kappa shape index (κ2) is 33.6. The van der Waals surface area contributed by atoms with E-state index in [9.17, 15) is 58.2 Å². The second-order valence-corrected chi connectivity index (χ2v) is 25.3. The summed E-state index contributed by atoms with van der Waals surface area (Å²) in [6, 6.07) is 7.49. The van der Waals surface area contributed by atoms with Gasteiger partial charge in [0.15, 0.2) is 29.1 Å². The summed E-state index contributed by atoms with van der Waals surface area (Å²) in [5.74, 6) is -9.35. The zero-order chi connectivity index (χ0) is 65.0. The highest BCUT2D eigenvalue weighted by Gasteiger charge is 2.40. The number of aromatic amines is 1. The number of carbonyl (C=O) groups excluding carboxylic acids is 10. The number of para-hydroxylation sites is 1. The van der Waals surface area contributed by atoms with E-state index < -0.39 is 132 Å². The van der Waals surface area contributed by atoms with Crippen molar-refractivity contribution >= 4 is 81.5 Å². The molecule has 6 rings (SSSR count). The van der Waals surface area contributed by atoms with Crippen LogP contribution in [0, 0.1) is 29.6 Å². The first-order chi connectivity index (χ1) is 42.3. The van der Waals surface area contributed by atoms with Crippen molar-refractivity contribution in [1.82, 2.24) is 31.2 Å². The molecule has 2 fully saturated rings. The molecule has 1 saturated carbocycles. The SMILES string of the molecule is CCCC(=O)C1CCCN1C(=O)C(CCCN=C(N)N)NC(=O)C(CC(=O)C(COC(C)(C)C)NC(=O)C(CC(=O)C(CO)NC(=O)C(CC(=O)C(CC1=CCC=N1)NC(=O)C1CCC(=O)C1)Cc1c[nH]c2ccccc12)Cc1ccc(O)cc1)CC(C)C. The molecule has 3 aliphatic rings. The number of rotatable bonds is 36. The molecule has 3 aromatic rings. The van der Waals surface area contributed by atoms with Gasteiger partial charge in [-0.2, -0.15) is 0 Å². The van der Waals surface area contributed by atoms with Crippen LogP contribution in [0.1, 0.15) is 149 Å². The van der Waals surface area contributed by atoms with Crippen molar-refractivity contribution in [2.75, 3.05) is 26.3 Å². The van der Waals surface area contributed by atoms with Gasteiger partial charge in [-0.15, -0.1) is 0 Å². The largest absolute Gasteiger partial charge is 0.508 e. The average molecular weight is 1230 g/mol. The molecule has 1 aliphatic carbocycles. The number of nitrogens with two attached hydrogens (primary N) is 2. The number of nitrogens with zero attached hydrogens (tertiary/aromatic N) is 3. The molecule has 0 spiro atoms. The van der Waals surface area contributed by atoms with Crippen LogP contribution < -0.4 is 32.7 Å². The van der Waals surface area contributed by atoms with Crippen molar-refractivity contribution in [2.45, 2.75) is 187 Å². The van der Waals surface area contributed by atoms with Crippen molar-refractivity contribution in [3.63, 3.8) is 0 Å². The number of fused-ring (bicyclic) bond motifs is 1. The van der Waals surface area contributed by atoms with Gasteiger partial charge >= 0.3 is 0 Å². The van der Waals surface area contributed by atoms with Crippen molar-refractivity contribution in [1.29, 1.82) is 0 Å². The third kappa shape index (κ3) is 21.7. The van der Waals surface area contributed by atoms with Crippen LogP contribution >= 0.6 is 0 Å². The molecule has 1 saturated heterocycles. The number of Topliss-reactive ketones (excluding diaryl/α,β-unsaturated/α-hetero) is 5. The van der Waals surface area contributed by atoms with E-state index in [1.54, 1.807) is 45.3 Å². The molecule has 2 aliphatic heterocycles. The van der Waals surface area contributed by atoms with Gasteiger partial charge in [0.2, 0.25) is 29.5 Å². The van der Waals surface area contributed by atoms with Crippen molar-refractivity contribution < 1.29 is 62.9 Å². The van der Waals surface area contributed by atoms with E-state index in [0.29, 0.717) is 68.3 Å². The second-order valence-electron chi connectivity index (χ2n) is 25.3. The maximum Gasteiger partial charge on any atom is 0.245 e. The first-order valence-electron chi connectivity index (χ1n) is 31.3. The first kappa shape index (κ1) is 70.2. The topological polar surface area (TPSA) is 364 Å². The summed E-state index contributed by atoms with van der Waals surface area (Å²) in [6.45, 7) is 10.2. The highest BCUT2D eigenvalue weighted by molar-refractivity contribution is 5.99. The Kier molecular flexibility index (Phi) is 26.5. The third-order valence-corrected chi connectivity index (χ3v) is 16.5. The fourth-order valence-electron chi connectivity index (χ4n) is 11.7. The molecular formula is C66H92N10O13. The Hall–Kier alpha value is -7.92. The van der Waals surface area contributed by atoms with Gasteiger partial charge < -0.3 is 57.6 Å². The number of carbonyl (C=O) groups is 10. The fourth-order valence-corrected chi connectivity index (χ4v) is 11.7. The van der Waals surface area contributed by atoms with Gasteiger partial charge in [-0.25, -0.2) is 0 Å². The number of aromatic hydroxyl groups is 1. The number of hydrogen-bond acceptors (Lipinski definition) is 15. The summed E-state index contributed by atoms with van der Waals surface area (Å²) >= 11 is 0. The van der Waals surface area contributed by atoms with E-state index in [0.717, 1.165) is 10.9 Å². The Balaban J connectivity index is 1.24. The Morgan fingerprint density at radius 1 is 0.809 bits per heavy atom. The minimum Gasteiger partial charge on any atom is -0.508 e. The van der Waals surface area contributed by atoms with Crippen LogP contribution in [0.2, 0.25) is 0 Å². The number of aliphatic hydroxyl groups excluding tert-OH is 1. The molecular weight excluding hydrogens is 1140 g/mol. The number of hydrogen-bond donors (Lipinski definition) is 9. The van der Waals surface area contributed by atoms with Gasteiger partial charge in [-0.3, -0.25) is 57.9 Å². The normalized spacial score (nSPS) is 18.1.